The number of aromatic nitrogens is 3. The Morgan fingerprint density at radius 3 is 2.75 bits per heavy atom. The van der Waals surface area contributed by atoms with Gasteiger partial charge in [-0.2, -0.15) is 4.98 Å². The van der Waals surface area contributed by atoms with Gasteiger partial charge in [0.05, 0.1) is 13.5 Å². The molecule has 0 saturated carbocycles. The van der Waals surface area contributed by atoms with E-state index in [-0.39, 0.29) is 24.2 Å². The third-order valence-corrected chi connectivity index (χ3v) is 4.49. The Morgan fingerprint density at radius 2 is 2.04 bits per heavy atom. The number of hydrogen-bond donors (Lipinski definition) is 2. The van der Waals surface area contributed by atoms with Crippen molar-refractivity contribution in [3.05, 3.63) is 54.1 Å². The maximum absolute atomic E-state index is 12.8. The van der Waals surface area contributed by atoms with E-state index in [2.05, 4.69) is 20.7 Å². The van der Waals surface area contributed by atoms with Crippen molar-refractivity contribution in [1.82, 2.24) is 14.8 Å². The summed E-state index contributed by atoms with van der Waals surface area (Å²) >= 11 is 0. The Kier molecular flexibility index (Phi) is 4.52. The molecule has 1 aromatic heterocycles. The first-order valence-corrected chi connectivity index (χ1v) is 8.82. The monoisotopic (exact) mass is 377 g/mol. The van der Waals surface area contributed by atoms with Crippen molar-refractivity contribution in [2.45, 2.75) is 19.4 Å². The van der Waals surface area contributed by atoms with Crippen LogP contribution in [-0.2, 0) is 9.59 Å². The number of methoxy groups -OCH3 is 1. The maximum Gasteiger partial charge on any atom is 0.249 e. The Labute approximate surface area is 161 Å². The van der Waals surface area contributed by atoms with Crippen molar-refractivity contribution in [1.29, 1.82) is 0 Å². The molecule has 28 heavy (non-hydrogen) atoms. The highest BCUT2D eigenvalue weighted by molar-refractivity contribution is 6.00. The molecule has 2 N–H and O–H groups in total. The minimum absolute atomic E-state index is 0.00391. The number of fused-ring (bicyclic) bond motifs is 1. The van der Waals surface area contributed by atoms with E-state index in [0.29, 0.717) is 11.5 Å². The summed E-state index contributed by atoms with van der Waals surface area (Å²) < 4.78 is 6.62. The number of carbonyl (C=O) groups excluding carboxylic acids is 2. The molecule has 0 fully saturated rings. The van der Waals surface area contributed by atoms with Crippen LogP contribution in [0.1, 0.15) is 18.0 Å². The zero-order chi connectivity index (χ0) is 19.7. The molecule has 4 rings (SSSR count). The third kappa shape index (κ3) is 3.44. The van der Waals surface area contributed by atoms with Gasteiger partial charge in [0.25, 0.3) is 0 Å². The number of anilines is 2. The van der Waals surface area contributed by atoms with Crippen molar-refractivity contribution in [3.63, 3.8) is 0 Å². The lowest BCUT2D eigenvalue weighted by molar-refractivity contribution is -0.125. The van der Waals surface area contributed by atoms with Crippen LogP contribution in [0.25, 0.3) is 11.4 Å². The Bertz CT molecular complexity index is 1040. The molecule has 0 saturated heterocycles. The van der Waals surface area contributed by atoms with Crippen LogP contribution in [0.5, 0.6) is 5.75 Å². The van der Waals surface area contributed by atoms with Crippen LogP contribution in [0.4, 0.5) is 11.6 Å². The van der Waals surface area contributed by atoms with E-state index in [9.17, 15) is 9.59 Å². The van der Waals surface area contributed by atoms with E-state index in [1.54, 1.807) is 25.3 Å². The van der Waals surface area contributed by atoms with Crippen LogP contribution in [0.2, 0.25) is 0 Å². The Balaban J connectivity index is 1.63. The standard InChI is InChI=1S/C20H19N5O3/c1-12-4-3-5-14(10-12)21-19(27)16-11-17(26)22-20-23-18(24-25(16)20)13-6-8-15(28-2)9-7-13/h3-10,16H,11H2,1-2H3,(H,21,27)(H,22,23,24,26)/t16-/m0/s1. The minimum atomic E-state index is -0.774. The highest BCUT2D eigenvalue weighted by Crippen LogP contribution is 2.28. The number of benzene rings is 2. The van der Waals surface area contributed by atoms with Crippen LogP contribution in [0, 0.1) is 6.92 Å². The fourth-order valence-corrected chi connectivity index (χ4v) is 3.08. The first-order chi connectivity index (χ1) is 13.5. The van der Waals surface area contributed by atoms with Gasteiger partial charge in [-0.05, 0) is 48.9 Å². The molecular formula is C20H19N5O3. The van der Waals surface area contributed by atoms with E-state index >= 15 is 0 Å². The van der Waals surface area contributed by atoms with Gasteiger partial charge in [0, 0.05) is 11.3 Å². The van der Waals surface area contributed by atoms with Crippen molar-refractivity contribution in [2.75, 3.05) is 17.7 Å². The molecule has 8 nitrogen and oxygen atoms in total. The Hall–Kier alpha value is -3.68. The molecular weight excluding hydrogens is 358 g/mol. The second kappa shape index (κ2) is 7.15. The summed E-state index contributed by atoms with van der Waals surface area (Å²) in [6, 6.07) is 14.0. The van der Waals surface area contributed by atoms with Crippen molar-refractivity contribution in [3.8, 4) is 17.1 Å². The zero-order valence-electron chi connectivity index (χ0n) is 15.5. The lowest BCUT2D eigenvalue weighted by Crippen LogP contribution is -2.36. The number of nitrogens with one attached hydrogen (secondary N) is 2. The molecule has 0 unspecified atom stereocenters. The topological polar surface area (TPSA) is 98.1 Å². The molecule has 2 aromatic carbocycles. The van der Waals surface area contributed by atoms with Gasteiger partial charge in [-0.3, -0.25) is 14.9 Å². The van der Waals surface area contributed by atoms with Crippen LogP contribution in [-0.4, -0.2) is 33.7 Å². The van der Waals surface area contributed by atoms with Gasteiger partial charge < -0.3 is 10.1 Å². The summed E-state index contributed by atoms with van der Waals surface area (Å²) in [6.07, 6.45) is -0.00391. The summed E-state index contributed by atoms with van der Waals surface area (Å²) in [5.74, 6) is 0.814. The predicted molar refractivity (Wildman–Crippen MR) is 104 cm³/mol. The lowest BCUT2D eigenvalue weighted by Gasteiger charge is -2.22. The van der Waals surface area contributed by atoms with Crippen LogP contribution >= 0.6 is 0 Å². The quantitative estimate of drug-likeness (QED) is 0.729. The number of hydrogen-bond acceptors (Lipinski definition) is 5. The molecule has 0 aliphatic carbocycles. The summed E-state index contributed by atoms with van der Waals surface area (Å²) in [7, 11) is 1.59. The number of aryl methyl sites for hydroxylation is 1. The smallest absolute Gasteiger partial charge is 0.249 e. The van der Waals surface area contributed by atoms with Gasteiger partial charge in [0.1, 0.15) is 11.8 Å². The Morgan fingerprint density at radius 1 is 1.25 bits per heavy atom. The van der Waals surface area contributed by atoms with Gasteiger partial charge in [-0.1, -0.05) is 12.1 Å². The summed E-state index contributed by atoms with van der Waals surface area (Å²) in [5.41, 5.74) is 2.46. The second-order valence-corrected chi connectivity index (χ2v) is 6.56. The van der Waals surface area contributed by atoms with Gasteiger partial charge in [-0.15, -0.1) is 5.10 Å². The number of carbonyl (C=O) groups is 2. The van der Waals surface area contributed by atoms with Gasteiger partial charge in [-0.25, -0.2) is 4.68 Å². The number of ether oxygens (including phenoxy) is 1. The van der Waals surface area contributed by atoms with Crippen molar-refractivity contribution in [2.24, 2.45) is 0 Å². The van der Waals surface area contributed by atoms with E-state index < -0.39 is 6.04 Å². The highest BCUT2D eigenvalue weighted by Gasteiger charge is 2.33. The fourth-order valence-electron chi connectivity index (χ4n) is 3.08. The molecule has 2 heterocycles. The van der Waals surface area contributed by atoms with Crippen molar-refractivity contribution >= 4 is 23.5 Å². The van der Waals surface area contributed by atoms with E-state index in [4.69, 9.17) is 4.74 Å². The first-order valence-electron chi connectivity index (χ1n) is 8.82. The molecule has 2 amide bonds. The SMILES string of the molecule is COc1ccc(-c2nc3n(n2)[C@H](C(=O)Nc2cccc(C)c2)CC(=O)N3)cc1. The van der Waals surface area contributed by atoms with Crippen LogP contribution < -0.4 is 15.4 Å². The number of nitrogens with zero attached hydrogens (tertiary/aromatic N) is 3. The predicted octanol–water partition coefficient (Wildman–Crippen LogP) is 2.78. The van der Waals surface area contributed by atoms with Gasteiger partial charge in [0.15, 0.2) is 5.82 Å². The molecule has 1 aliphatic heterocycles. The number of amides is 2. The van der Waals surface area contributed by atoms with Crippen molar-refractivity contribution < 1.29 is 14.3 Å². The number of rotatable bonds is 4. The third-order valence-electron chi connectivity index (χ3n) is 4.49. The first kappa shape index (κ1) is 17.7. The lowest BCUT2D eigenvalue weighted by atomic mass is 10.1. The molecule has 8 heteroatoms. The summed E-state index contributed by atoms with van der Waals surface area (Å²) in [6.45, 7) is 1.94. The largest absolute Gasteiger partial charge is 0.497 e. The fraction of sp³-hybridized carbons (Fsp3) is 0.200. The minimum Gasteiger partial charge on any atom is -0.497 e. The van der Waals surface area contributed by atoms with Crippen LogP contribution in [0.15, 0.2) is 48.5 Å². The molecule has 1 atom stereocenters. The summed E-state index contributed by atoms with van der Waals surface area (Å²) in [4.78, 5) is 29.3. The maximum atomic E-state index is 12.8. The normalized spacial score (nSPS) is 15.5. The molecule has 3 aromatic rings. The van der Waals surface area contributed by atoms with E-state index in [1.807, 2.05) is 37.3 Å². The van der Waals surface area contributed by atoms with E-state index in [1.165, 1.54) is 4.68 Å². The summed E-state index contributed by atoms with van der Waals surface area (Å²) in [5, 5.41) is 9.99. The van der Waals surface area contributed by atoms with Gasteiger partial charge in [0.2, 0.25) is 17.8 Å². The molecule has 0 bridgehead atoms. The zero-order valence-corrected chi connectivity index (χ0v) is 15.5. The molecule has 0 radical (unpaired) electrons. The average molecular weight is 377 g/mol. The van der Waals surface area contributed by atoms with Crippen LogP contribution in [0.3, 0.4) is 0 Å². The molecule has 0 spiro atoms. The second-order valence-electron chi connectivity index (χ2n) is 6.56. The van der Waals surface area contributed by atoms with Gasteiger partial charge >= 0.3 is 0 Å². The molecule has 1 aliphatic rings. The average Bonchev–Trinajstić information content (AvgIpc) is 3.11. The molecule has 142 valence electrons. The van der Waals surface area contributed by atoms with E-state index in [0.717, 1.165) is 16.9 Å². The highest BCUT2D eigenvalue weighted by atomic mass is 16.5.